The molecule has 0 aliphatic rings. The molecule has 0 aliphatic heterocycles. The van der Waals surface area contributed by atoms with E-state index >= 15 is 0 Å². The number of aromatic nitrogens is 1. The second-order valence-corrected chi connectivity index (χ2v) is 5.66. The van der Waals surface area contributed by atoms with E-state index in [-0.39, 0.29) is 5.82 Å². The molecule has 2 aromatic rings. The zero-order chi connectivity index (χ0) is 15.2. The predicted octanol–water partition coefficient (Wildman–Crippen LogP) is 3.43. The van der Waals surface area contributed by atoms with Crippen LogP contribution in [0.15, 0.2) is 24.3 Å². The van der Waals surface area contributed by atoms with E-state index in [0.29, 0.717) is 19.6 Å². The molecule has 0 radical (unpaired) electrons. The fraction of sp³-hybridized carbons (Fsp3) is 0.333. The minimum absolute atomic E-state index is 0.237. The van der Waals surface area contributed by atoms with E-state index in [9.17, 15) is 9.18 Å². The summed E-state index contributed by atoms with van der Waals surface area (Å²) in [6, 6.07) is 6.44. The van der Waals surface area contributed by atoms with Gasteiger partial charge >= 0.3 is 6.09 Å². The van der Waals surface area contributed by atoms with E-state index in [1.807, 2.05) is 6.92 Å². The number of nitrogens with one attached hydrogen (secondary N) is 1. The minimum Gasteiger partial charge on any atom is -0.450 e. The Morgan fingerprint density at radius 1 is 1.38 bits per heavy atom. The Labute approximate surface area is 127 Å². The summed E-state index contributed by atoms with van der Waals surface area (Å²) >= 11 is 1.54. The van der Waals surface area contributed by atoms with E-state index in [1.165, 1.54) is 12.1 Å². The van der Waals surface area contributed by atoms with E-state index in [0.717, 1.165) is 21.1 Å². The molecule has 0 saturated carbocycles. The lowest BCUT2D eigenvalue weighted by Crippen LogP contribution is -2.23. The number of alkyl carbamates (subject to hydrolysis) is 1. The second kappa shape index (κ2) is 7.17. The van der Waals surface area contributed by atoms with Gasteiger partial charge in [-0.2, -0.15) is 0 Å². The van der Waals surface area contributed by atoms with Crippen molar-refractivity contribution in [2.75, 3.05) is 6.61 Å². The molecular formula is C15H17FN2O2S. The van der Waals surface area contributed by atoms with Gasteiger partial charge in [0.25, 0.3) is 0 Å². The van der Waals surface area contributed by atoms with E-state index in [2.05, 4.69) is 10.3 Å². The van der Waals surface area contributed by atoms with Crippen LogP contribution in [0.25, 0.3) is 0 Å². The maximum Gasteiger partial charge on any atom is 0.407 e. The summed E-state index contributed by atoms with van der Waals surface area (Å²) in [6.45, 7) is 4.39. The van der Waals surface area contributed by atoms with Gasteiger partial charge in [0.15, 0.2) is 0 Å². The van der Waals surface area contributed by atoms with Gasteiger partial charge < -0.3 is 10.1 Å². The van der Waals surface area contributed by atoms with E-state index in [1.54, 1.807) is 30.4 Å². The molecule has 4 nitrogen and oxygen atoms in total. The second-order valence-electron chi connectivity index (χ2n) is 4.49. The molecule has 0 saturated heterocycles. The molecular weight excluding hydrogens is 291 g/mol. The molecule has 0 aliphatic carbocycles. The number of benzene rings is 1. The van der Waals surface area contributed by atoms with E-state index < -0.39 is 6.09 Å². The highest BCUT2D eigenvalue weighted by Gasteiger charge is 2.10. The van der Waals surface area contributed by atoms with Crippen LogP contribution in [0, 0.1) is 12.7 Å². The van der Waals surface area contributed by atoms with Crippen LogP contribution in [0.4, 0.5) is 9.18 Å². The van der Waals surface area contributed by atoms with Crippen LogP contribution in [0.1, 0.15) is 28.1 Å². The molecule has 0 fully saturated rings. The molecule has 112 valence electrons. The molecule has 1 aromatic carbocycles. The first kappa shape index (κ1) is 15.4. The lowest BCUT2D eigenvalue weighted by atomic mass is 10.1. The van der Waals surface area contributed by atoms with Gasteiger partial charge in [-0.1, -0.05) is 12.1 Å². The lowest BCUT2D eigenvalue weighted by molar-refractivity contribution is 0.151. The average Bonchev–Trinajstić information content (AvgIpc) is 2.80. The van der Waals surface area contributed by atoms with Crippen molar-refractivity contribution in [2.45, 2.75) is 26.8 Å². The maximum absolute atomic E-state index is 12.9. The lowest BCUT2D eigenvalue weighted by Gasteiger charge is -2.02. The number of amides is 1. The topological polar surface area (TPSA) is 51.2 Å². The Morgan fingerprint density at radius 2 is 2.10 bits per heavy atom. The van der Waals surface area contributed by atoms with Gasteiger partial charge in [0.2, 0.25) is 0 Å². The first-order valence-corrected chi connectivity index (χ1v) is 7.50. The summed E-state index contributed by atoms with van der Waals surface area (Å²) in [4.78, 5) is 16.8. The zero-order valence-corrected chi connectivity index (χ0v) is 12.8. The quantitative estimate of drug-likeness (QED) is 0.920. The van der Waals surface area contributed by atoms with Gasteiger partial charge in [-0.3, -0.25) is 0 Å². The third-order valence-electron chi connectivity index (χ3n) is 2.87. The Hall–Kier alpha value is -1.95. The smallest absolute Gasteiger partial charge is 0.407 e. The summed E-state index contributed by atoms with van der Waals surface area (Å²) < 4.78 is 17.7. The number of halogens is 1. The van der Waals surface area contributed by atoms with Crippen molar-refractivity contribution in [1.82, 2.24) is 10.3 Å². The van der Waals surface area contributed by atoms with Crippen LogP contribution in [-0.4, -0.2) is 17.7 Å². The molecule has 21 heavy (non-hydrogen) atoms. The number of carbonyl (C=O) groups excluding carboxylic acids is 1. The van der Waals surface area contributed by atoms with Gasteiger partial charge in [0, 0.05) is 11.3 Å². The molecule has 1 amide bonds. The van der Waals surface area contributed by atoms with Crippen LogP contribution in [0.2, 0.25) is 0 Å². The number of hydrogen-bond acceptors (Lipinski definition) is 4. The number of ether oxygens (including phenoxy) is 1. The van der Waals surface area contributed by atoms with Crippen LogP contribution in [0.5, 0.6) is 0 Å². The first-order valence-electron chi connectivity index (χ1n) is 6.68. The third-order valence-corrected chi connectivity index (χ3v) is 4.03. The molecule has 0 atom stereocenters. The molecule has 0 bridgehead atoms. The molecule has 1 heterocycles. The number of nitrogens with zero attached hydrogens (tertiary/aromatic N) is 1. The van der Waals surface area contributed by atoms with Crippen molar-refractivity contribution in [3.05, 3.63) is 51.2 Å². The SMILES string of the molecule is CCOC(=O)NCc1nc(C)c(Cc2ccc(F)cc2)s1. The maximum atomic E-state index is 12.9. The van der Waals surface area contributed by atoms with Gasteiger partial charge in [-0.05, 0) is 31.5 Å². The van der Waals surface area contributed by atoms with Crippen molar-refractivity contribution in [1.29, 1.82) is 0 Å². The molecule has 0 spiro atoms. The van der Waals surface area contributed by atoms with Crippen molar-refractivity contribution >= 4 is 17.4 Å². The zero-order valence-electron chi connectivity index (χ0n) is 12.0. The van der Waals surface area contributed by atoms with Crippen molar-refractivity contribution in [3.63, 3.8) is 0 Å². The Kier molecular flexibility index (Phi) is 5.27. The summed E-state index contributed by atoms with van der Waals surface area (Å²) in [5.41, 5.74) is 1.97. The number of aryl methyl sites for hydroxylation is 1. The standard InChI is InChI=1S/C15H17FN2O2S/c1-3-20-15(19)17-9-14-18-10(2)13(21-14)8-11-4-6-12(16)7-5-11/h4-7H,3,8-9H2,1-2H3,(H,17,19). The van der Waals surface area contributed by atoms with Gasteiger partial charge in [-0.15, -0.1) is 11.3 Å². The fourth-order valence-corrected chi connectivity index (χ4v) is 2.89. The fourth-order valence-electron chi connectivity index (χ4n) is 1.85. The van der Waals surface area contributed by atoms with Crippen molar-refractivity contribution in [3.8, 4) is 0 Å². The van der Waals surface area contributed by atoms with Crippen molar-refractivity contribution in [2.24, 2.45) is 0 Å². The highest BCUT2D eigenvalue weighted by atomic mass is 32.1. The number of hydrogen-bond donors (Lipinski definition) is 1. The Morgan fingerprint density at radius 3 is 2.76 bits per heavy atom. The van der Waals surface area contributed by atoms with Gasteiger partial charge in [0.1, 0.15) is 10.8 Å². The molecule has 0 unspecified atom stereocenters. The predicted molar refractivity (Wildman–Crippen MR) is 79.9 cm³/mol. The largest absolute Gasteiger partial charge is 0.450 e. The number of rotatable bonds is 5. The molecule has 2 rings (SSSR count). The van der Waals surface area contributed by atoms with Gasteiger partial charge in [0.05, 0.1) is 18.8 Å². The summed E-state index contributed by atoms with van der Waals surface area (Å²) in [5.74, 6) is -0.237. The van der Waals surface area contributed by atoms with Gasteiger partial charge in [-0.25, -0.2) is 14.2 Å². The van der Waals surface area contributed by atoms with Crippen LogP contribution in [-0.2, 0) is 17.7 Å². The van der Waals surface area contributed by atoms with Crippen LogP contribution >= 0.6 is 11.3 Å². The normalized spacial score (nSPS) is 10.4. The molecule has 1 N–H and O–H groups in total. The monoisotopic (exact) mass is 308 g/mol. The van der Waals surface area contributed by atoms with Crippen LogP contribution < -0.4 is 5.32 Å². The minimum atomic E-state index is -0.439. The first-order chi connectivity index (χ1) is 10.1. The van der Waals surface area contributed by atoms with E-state index in [4.69, 9.17) is 4.74 Å². The molecule has 1 aromatic heterocycles. The highest BCUT2D eigenvalue weighted by molar-refractivity contribution is 7.11. The summed E-state index contributed by atoms with van der Waals surface area (Å²) in [7, 11) is 0. The average molecular weight is 308 g/mol. The third kappa shape index (κ3) is 4.53. The van der Waals surface area contributed by atoms with Crippen LogP contribution in [0.3, 0.4) is 0 Å². The Balaban J connectivity index is 1.98. The molecule has 6 heteroatoms. The van der Waals surface area contributed by atoms with Crippen molar-refractivity contribution < 1.29 is 13.9 Å². The highest BCUT2D eigenvalue weighted by Crippen LogP contribution is 2.21. The summed E-state index contributed by atoms with van der Waals surface area (Å²) in [6.07, 6.45) is 0.272. The number of thiazole rings is 1. The summed E-state index contributed by atoms with van der Waals surface area (Å²) in [5, 5.41) is 3.48. The Bertz CT molecular complexity index is 611. The number of carbonyl (C=O) groups is 1.